The molecule has 4 rings (SSSR count). The lowest BCUT2D eigenvalue weighted by Gasteiger charge is -2.19. The Morgan fingerprint density at radius 3 is 2.43 bits per heavy atom. The summed E-state index contributed by atoms with van der Waals surface area (Å²) in [6.07, 6.45) is -1.30. The summed E-state index contributed by atoms with van der Waals surface area (Å²) in [6, 6.07) is 12.4. The highest BCUT2D eigenvalue weighted by molar-refractivity contribution is 9.08. The van der Waals surface area contributed by atoms with Gasteiger partial charge in [0.05, 0.1) is 5.56 Å². The SMILES string of the molecule is FC(F)(F)c1ccccc1C1CC2(CC2)c2ccc(CBr)cc21. The molecular weight excluding hydrogens is 365 g/mol. The fourth-order valence-corrected chi connectivity index (χ4v) is 4.39. The molecule has 1 unspecified atom stereocenters. The molecule has 2 aliphatic carbocycles. The van der Waals surface area contributed by atoms with E-state index in [1.54, 1.807) is 12.1 Å². The van der Waals surface area contributed by atoms with Gasteiger partial charge < -0.3 is 0 Å². The average molecular weight is 381 g/mol. The maximum absolute atomic E-state index is 13.4. The van der Waals surface area contributed by atoms with Crippen LogP contribution in [0.2, 0.25) is 0 Å². The Balaban J connectivity index is 1.87. The number of rotatable bonds is 2. The molecule has 0 amide bonds. The van der Waals surface area contributed by atoms with Crippen molar-refractivity contribution in [1.29, 1.82) is 0 Å². The quantitative estimate of drug-likeness (QED) is 0.546. The van der Waals surface area contributed by atoms with Crippen molar-refractivity contribution in [1.82, 2.24) is 0 Å². The zero-order chi connectivity index (χ0) is 16.2. The van der Waals surface area contributed by atoms with Crippen molar-refractivity contribution in [3.05, 3.63) is 70.3 Å². The number of hydrogen-bond acceptors (Lipinski definition) is 0. The molecule has 2 aromatic rings. The van der Waals surface area contributed by atoms with Crippen LogP contribution in [0.1, 0.15) is 53.0 Å². The number of benzene rings is 2. The van der Waals surface area contributed by atoms with Crippen molar-refractivity contribution < 1.29 is 13.2 Å². The van der Waals surface area contributed by atoms with Gasteiger partial charge in [0.2, 0.25) is 0 Å². The predicted molar refractivity (Wildman–Crippen MR) is 87.9 cm³/mol. The molecule has 1 spiro atoms. The van der Waals surface area contributed by atoms with Crippen LogP contribution in [0.15, 0.2) is 42.5 Å². The lowest BCUT2D eigenvalue weighted by atomic mass is 9.88. The van der Waals surface area contributed by atoms with Crippen molar-refractivity contribution in [3.63, 3.8) is 0 Å². The van der Waals surface area contributed by atoms with Gasteiger partial charge in [-0.3, -0.25) is 0 Å². The van der Waals surface area contributed by atoms with Crippen molar-refractivity contribution in [2.24, 2.45) is 0 Å². The third kappa shape index (κ3) is 2.42. The Bertz CT molecular complexity index is 759. The Labute approximate surface area is 141 Å². The summed E-state index contributed by atoms with van der Waals surface area (Å²) in [5.74, 6) is -0.149. The van der Waals surface area contributed by atoms with Crippen LogP contribution in [0.4, 0.5) is 13.2 Å². The molecule has 4 heteroatoms. The summed E-state index contributed by atoms with van der Waals surface area (Å²) in [4.78, 5) is 0. The van der Waals surface area contributed by atoms with E-state index in [-0.39, 0.29) is 11.3 Å². The molecule has 0 radical (unpaired) electrons. The average Bonchev–Trinajstić information content (AvgIpc) is 3.24. The van der Waals surface area contributed by atoms with E-state index in [4.69, 9.17) is 0 Å². The largest absolute Gasteiger partial charge is 0.416 e. The molecule has 2 aromatic carbocycles. The van der Waals surface area contributed by atoms with E-state index in [2.05, 4.69) is 34.1 Å². The van der Waals surface area contributed by atoms with Crippen LogP contribution in [0.3, 0.4) is 0 Å². The number of fused-ring (bicyclic) bond motifs is 2. The van der Waals surface area contributed by atoms with Crippen molar-refractivity contribution >= 4 is 15.9 Å². The van der Waals surface area contributed by atoms with Crippen LogP contribution in [-0.2, 0) is 16.9 Å². The minimum absolute atomic E-state index is 0.129. The third-order valence-electron chi connectivity index (χ3n) is 5.31. The van der Waals surface area contributed by atoms with Gasteiger partial charge >= 0.3 is 6.18 Å². The first-order valence-corrected chi connectivity index (χ1v) is 8.92. The van der Waals surface area contributed by atoms with Crippen LogP contribution in [0.25, 0.3) is 0 Å². The second-order valence-corrected chi connectivity index (χ2v) is 7.24. The van der Waals surface area contributed by atoms with Crippen LogP contribution < -0.4 is 0 Å². The first-order valence-electron chi connectivity index (χ1n) is 7.80. The van der Waals surface area contributed by atoms with E-state index < -0.39 is 11.7 Å². The summed E-state index contributed by atoms with van der Waals surface area (Å²) in [7, 11) is 0. The van der Waals surface area contributed by atoms with Gasteiger partial charge in [0.15, 0.2) is 0 Å². The molecule has 23 heavy (non-hydrogen) atoms. The first kappa shape index (κ1) is 15.3. The van der Waals surface area contributed by atoms with Gasteiger partial charge in [-0.2, -0.15) is 13.2 Å². The second kappa shape index (κ2) is 5.10. The molecule has 0 N–H and O–H groups in total. The maximum atomic E-state index is 13.4. The topological polar surface area (TPSA) is 0 Å². The van der Waals surface area contributed by atoms with Crippen molar-refractivity contribution in [3.8, 4) is 0 Å². The molecule has 1 saturated carbocycles. The Morgan fingerprint density at radius 2 is 1.78 bits per heavy atom. The van der Waals surface area contributed by atoms with Crippen LogP contribution in [0, 0.1) is 0 Å². The normalized spacial score (nSPS) is 21.5. The molecule has 0 heterocycles. The van der Waals surface area contributed by atoms with Gasteiger partial charge in [0.1, 0.15) is 0 Å². The Kier molecular flexibility index (Phi) is 3.38. The minimum Gasteiger partial charge on any atom is -0.166 e. The fourth-order valence-electron chi connectivity index (χ4n) is 4.04. The summed E-state index contributed by atoms with van der Waals surface area (Å²) in [6.45, 7) is 0. The number of hydrogen-bond donors (Lipinski definition) is 0. The van der Waals surface area contributed by atoms with E-state index in [0.717, 1.165) is 35.7 Å². The molecule has 0 saturated heterocycles. The lowest BCUT2D eigenvalue weighted by Crippen LogP contribution is -2.12. The van der Waals surface area contributed by atoms with Gasteiger partial charge in [-0.05, 0) is 53.0 Å². The zero-order valence-electron chi connectivity index (χ0n) is 12.5. The van der Waals surface area contributed by atoms with Crippen LogP contribution in [0.5, 0.6) is 0 Å². The van der Waals surface area contributed by atoms with E-state index in [1.165, 1.54) is 17.7 Å². The van der Waals surface area contributed by atoms with E-state index >= 15 is 0 Å². The molecule has 1 fully saturated rings. The van der Waals surface area contributed by atoms with E-state index in [0.29, 0.717) is 5.56 Å². The molecular formula is C19H16BrF3. The second-order valence-electron chi connectivity index (χ2n) is 6.68. The zero-order valence-corrected chi connectivity index (χ0v) is 14.0. The first-order chi connectivity index (χ1) is 10.9. The molecule has 1 atom stereocenters. The highest BCUT2D eigenvalue weighted by Crippen LogP contribution is 2.62. The van der Waals surface area contributed by atoms with Crippen LogP contribution >= 0.6 is 15.9 Å². The number of halogens is 4. The smallest absolute Gasteiger partial charge is 0.166 e. The molecule has 0 nitrogen and oxygen atoms in total. The van der Waals surface area contributed by atoms with E-state index in [1.807, 2.05) is 0 Å². The third-order valence-corrected chi connectivity index (χ3v) is 5.95. The van der Waals surface area contributed by atoms with Gasteiger partial charge in [0.25, 0.3) is 0 Å². The summed E-state index contributed by atoms with van der Waals surface area (Å²) >= 11 is 3.45. The van der Waals surface area contributed by atoms with Gasteiger partial charge in [0, 0.05) is 11.2 Å². The highest BCUT2D eigenvalue weighted by Gasteiger charge is 2.53. The summed E-state index contributed by atoms with van der Waals surface area (Å²) < 4.78 is 40.3. The standard InChI is InChI=1S/C19H16BrF3/c20-11-12-5-6-16-14(9-12)15(10-18(16)7-8-18)13-3-1-2-4-17(13)19(21,22)23/h1-6,9,15H,7-8,10-11H2. The highest BCUT2D eigenvalue weighted by atomic mass is 79.9. The molecule has 120 valence electrons. The molecule has 2 aliphatic rings. The minimum atomic E-state index is -4.30. The van der Waals surface area contributed by atoms with Crippen molar-refractivity contribution in [2.45, 2.75) is 42.1 Å². The monoisotopic (exact) mass is 380 g/mol. The summed E-state index contributed by atoms with van der Waals surface area (Å²) in [5, 5.41) is 0.723. The lowest BCUT2D eigenvalue weighted by molar-refractivity contribution is -0.138. The predicted octanol–water partition coefficient (Wildman–Crippen LogP) is 6.17. The molecule has 0 aliphatic heterocycles. The van der Waals surface area contributed by atoms with Crippen molar-refractivity contribution in [2.75, 3.05) is 0 Å². The Morgan fingerprint density at radius 1 is 1.04 bits per heavy atom. The van der Waals surface area contributed by atoms with Gasteiger partial charge in [-0.1, -0.05) is 52.3 Å². The Hall–Kier alpha value is -1.29. The molecule has 0 aromatic heterocycles. The van der Waals surface area contributed by atoms with Crippen LogP contribution in [-0.4, -0.2) is 0 Å². The number of alkyl halides is 4. The summed E-state index contributed by atoms with van der Waals surface area (Å²) in [5.41, 5.74) is 3.55. The maximum Gasteiger partial charge on any atom is 0.416 e. The van der Waals surface area contributed by atoms with Gasteiger partial charge in [-0.15, -0.1) is 0 Å². The van der Waals surface area contributed by atoms with E-state index in [9.17, 15) is 13.2 Å². The fraction of sp³-hybridized carbons (Fsp3) is 0.368. The van der Waals surface area contributed by atoms with Gasteiger partial charge in [-0.25, -0.2) is 0 Å². The molecule has 0 bridgehead atoms.